The Labute approximate surface area is 128 Å². The summed E-state index contributed by atoms with van der Waals surface area (Å²) in [6.07, 6.45) is 1.44. The van der Waals surface area contributed by atoms with Crippen LogP contribution in [0.4, 0.5) is 0 Å². The molecule has 1 atom stereocenters. The Morgan fingerprint density at radius 2 is 1.86 bits per heavy atom. The van der Waals surface area contributed by atoms with Crippen molar-refractivity contribution < 1.29 is 14.4 Å². The van der Waals surface area contributed by atoms with E-state index in [-0.39, 0.29) is 23.3 Å². The average molecular weight is 298 g/mol. The van der Waals surface area contributed by atoms with Gasteiger partial charge < -0.3 is 9.47 Å². The monoisotopic (exact) mass is 298 g/mol. The Balaban J connectivity index is 1.95. The molecule has 1 aromatic heterocycles. The molecule has 1 aromatic rings. The number of allylic oxidation sites excluding steroid dienone is 2. The van der Waals surface area contributed by atoms with Gasteiger partial charge in [-0.15, -0.1) is 0 Å². The maximum Gasteiger partial charge on any atom is 0.226 e. The number of aromatic nitrogens is 1. The zero-order valence-corrected chi connectivity index (χ0v) is 13.0. The number of hydrogen-bond donors (Lipinski definition) is 0. The molecule has 4 rings (SSSR count). The van der Waals surface area contributed by atoms with E-state index in [1.54, 1.807) is 18.4 Å². The molecule has 114 valence electrons. The van der Waals surface area contributed by atoms with Crippen molar-refractivity contribution in [3.05, 3.63) is 33.8 Å². The number of ketones is 3. The first-order chi connectivity index (χ1) is 10.4. The average Bonchev–Trinajstić information content (AvgIpc) is 3.11. The summed E-state index contributed by atoms with van der Waals surface area (Å²) in [7, 11) is 1.81. The van der Waals surface area contributed by atoms with Gasteiger partial charge in [-0.2, -0.15) is 0 Å². The molecule has 0 amide bonds. The molecular weight excluding hydrogens is 280 g/mol. The molecule has 1 unspecified atom stereocenters. The predicted molar refractivity (Wildman–Crippen MR) is 80.1 cm³/mol. The van der Waals surface area contributed by atoms with E-state index in [0.717, 1.165) is 30.8 Å². The van der Waals surface area contributed by atoms with Crippen LogP contribution in [0.1, 0.15) is 58.3 Å². The molecule has 5 nitrogen and oxygen atoms in total. The lowest BCUT2D eigenvalue weighted by atomic mass is 9.90. The Hall–Kier alpha value is -2.17. The van der Waals surface area contributed by atoms with Crippen LogP contribution in [0, 0.1) is 0 Å². The molecule has 1 fully saturated rings. The van der Waals surface area contributed by atoms with E-state index >= 15 is 0 Å². The van der Waals surface area contributed by atoms with Crippen LogP contribution >= 0.6 is 0 Å². The van der Waals surface area contributed by atoms with Gasteiger partial charge in [-0.3, -0.25) is 14.4 Å². The van der Waals surface area contributed by atoms with Gasteiger partial charge in [0.25, 0.3) is 0 Å². The Morgan fingerprint density at radius 1 is 1.18 bits per heavy atom. The normalized spacial score (nSPS) is 23.0. The molecule has 0 N–H and O–H groups in total. The third-order valence-electron chi connectivity index (χ3n) is 5.16. The van der Waals surface area contributed by atoms with Crippen molar-refractivity contribution in [2.75, 3.05) is 13.1 Å². The molecule has 0 bridgehead atoms. The number of carbonyl (C=O) groups is 3. The molecule has 1 aliphatic heterocycles. The molecule has 3 aliphatic rings. The second kappa shape index (κ2) is 4.18. The third-order valence-corrected chi connectivity index (χ3v) is 5.16. The summed E-state index contributed by atoms with van der Waals surface area (Å²) in [5, 5.41) is 0. The summed E-state index contributed by atoms with van der Waals surface area (Å²) in [4.78, 5) is 39.5. The van der Waals surface area contributed by atoms with E-state index < -0.39 is 0 Å². The van der Waals surface area contributed by atoms with Crippen molar-refractivity contribution in [3.8, 4) is 0 Å². The Morgan fingerprint density at radius 3 is 2.45 bits per heavy atom. The molecule has 2 aliphatic carbocycles. The van der Waals surface area contributed by atoms with Crippen LogP contribution in [0.5, 0.6) is 0 Å². The molecule has 1 saturated heterocycles. The minimum atomic E-state index is -0.184. The standard InChI is InChI=1S/C17H18N2O3/c1-8-13(19-6-7-19)17(22)15-12(16(8)21)11-5-4-10(9(2)20)14(11)18(15)3/h10H,4-7H2,1-3H3. The number of Topliss-reactive ketones (excluding diaryl/α,β-unsaturated/α-hetero) is 3. The van der Waals surface area contributed by atoms with Gasteiger partial charge >= 0.3 is 0 Å². The highest BCUT2D eigenvalue weighted by molar-refractivity contribution is 6.27. The lowest BCUT2D eigenvalue weighted by molar-refractivity contribution is -0.118. The number of nitrogens with zero attached hydrogens (tertiary/aromatic N) is 2. The van der Waals surface area contributed by atoms with Crippen LogP contribution in [0.15, 0.2) is 11.3 Å². The molecule has 5 heteroatoms. The lowest BCUT2D eigenvalue weighted by Gasteiger charge is -2.20. The fourth-order valence-corrected chi connectivity index (χ4v) is 4.02. The molecular formula is C17H18N2O3. The van der Waals surface area contributed by atoms with Gasteiger partial charge in [0.05, 0.1) is 17.2 Å². The summed E-state index contributed by atoms with van der Waals surface area (Å²) in [5.41, 5.74) is 3.92. The largest absolute Gasteiger partial charge is 0.364 e. The molecule has 22 heavy (non-hydrogen) atoms. The van der Waals surface area contributed by atoms with Gasteiger partial charge in [-0.1, -0.05) is 0 Å². The quantitative estimate of drug-likeness (QED) is 0.778. The molecule has 0 spiro atoms. The Kier molecular flexibility index (Phi) is 2.56. The van der Waals surface area contributed by atoms with Gasteiger partial charge in [0.2, 0.25) is 5.78 Å². The second-order valence-electron chi connectivity index (χ2n) is 6.47. The second-order valence-corrected chi connectivity index (χ2v) is 6.47. The maximum absolute atomic E-state index is 12.9. The van der Waals surface area contributed by atoms with Gasteiger partial charge in [-0.25, -0.2) is 0 Å². The molecule has 2 heterocycles. The van der Waals surface area contributed by atoms with Crippen LogP contribution in [0.25, 0.3) is 0 Å². The highest BCUT2D eigenvalue weighted by Crippen LogP contribution is 2.43. The van der Waals surface area contributed by atoms with Crippen molar-refractivity contribution in [2.24, 2.45) is 7.05 Å². The topological polar surface area (TPSA) is 59.1 Å². The SMILES string of the molecule is CC(=O)C1CCc2c3c(n(C)c21)C(=O)C(N1CC1)=C(C)C3=O. The van der Waals surface area contributed by atoms with E-state index in [4.69, 9.17) is 0 Å². The zero-order chi connectivity index (χ0) is 15.8. The van der Waals surface area contributed by atoms with Crippen LogP contribution in [-0.4, -0.2) is 39.9 Å². The van der Waals surface area contributed by atoms with Crippen LogP contribution in [0.3, 0.4) is 0 Å². The number of hydrogen-bond acceptors (Lipinski definition) is 4. The fourth-order valence-electron chi connectivity index (χ4n) is 4.02. The van der Waals surface area contributed by atoms with Crippen molar-refractivity contribution >= 4 is 17.3 Å². The Bertz CT molecular complexity index is 793. The fraction of sp³-hybridized carbons (Fsp3) is 0.471. The number of fused-ring (bicyclic) bond motifs is 3. The van der Waals surface area contributed by atoms with Crippen molar-refractivity contribution in [1.29, 1.82) is 0 Å². The van der Waals surface area contributed by atoms with Gasteiger partial charge in [0, 0.05) is 31.4 Å². The van der Waals surface area contributed by atoms with Crippen LogP contribution in [-0.2, 0) is 18.3 Å². The zero-order valence-electron chi connectivity index (χ0n) is 13.0. The summed E-state index contributed by atoms with van der Waals surface area (Å²) < 4.78 is 1.81. The van der Waals surface area contributed by atoms with Crippen LogP contribution in [0.2, 0.25) is 0 Å². The molecule has 0 radical (unpaired) electrons. The highest BCUT2D eigenvalue weighted by atomic mass is 16.1. The van der Waals surface area contributed by atoms with Gasteiger partial charge in [0.15, 0.2) is 5.78 Å². The van der Waals surface area contributed by atoms with E-state index in [1.807, 2.05) is 11.9 Å². The van der Waals surface area contributed by atoms with Crippen LogP contribution < -0.4 is 0 Å². The van der Waals surface area contributed by atoms with Gasteiger partial charge in [0.1, 0.15) is 11.5 Å². The van der Waals surface area contributed by atoms with Gasteiger partial charge in [-0.05, 0) is 32.3 Å². The molecule has 0 aromatic carbocycles. The number of carbonyl (C=O) groups excluding carboxylic acids is 3. The predicted octanol–water partition coefficient (Wildman–Crippen LogP) is 1.61. The summed E-state index contributed by atoms with van der Waals surface area (Å²) in [6.45, 7) is 5.00. The van der Waals surface area contributed by atoms with E-state index in [0.29, 0.717) is 28.9 Å². The minimum absolute atomic E-state index is 0.0439. The summed E-state index contributed by atoms with van der Waals surface area (Å²) >= 11 is 0. The van der Waals surface area contributed by atoms with Crippen molar-refractivity contribution in [2.45, 2.75) is 32.6 Å². The first-order valence-corrected chi connectivity index (χ1v) is 7.70. The highest BCUT2D eigenvalue weighted by Gasteiger charge is 2.44. The van der Waals surface area contributed by atoms with E-state index in [9.17, 15) is 14.4 Å². The maximum atomic E-state index is 12.9. The lowest BCUT2D eigenvalue weighted by Crippen LogP contribution is -2.27. The number of rotatable bonds is 2. The third kappa shape index (κ3) is 1.51. The van der Waals surface area contributed by atoms with Crippen molar-refractivity contribution in [3.63, 3.8) is 0 Å². The first kappa shape index (κ1) is 13.5. The van der Waals surface area contributed by atoms with Crippen molar-refractivity contribution in [1.82, 2.24) is 9.47 Å². The summed E-state index contributed by atoms with van der Waals surface area (Å²) in [5.74, 6) is -0.190. The molecule has 0 saturated carbocycles. The minimum Gasteiger partial charge on any atom is -0.364 e. The summed E-state index contributed by atoms with van der Waals surface area (Å²) in [6, 6.07) is 0. The smallest absolute Gasteiger partial charge is 0.226 e. The van der Waals surface area contributed by atoms with E-state index in [1.165, 1.54) is 0 Å². The van der Waals surface area contributed by atoms with E-state index in [2.05, 4.69) is 0 Å². The first-order valence-electron chi connectivity index (χ1n) is 7.70.